The molecule has 2 nitrogen and oxygen atoms in total. The van der Waals surface area contributed by atoms with Crippen LogP contribution in [0.4, 0.5) is 0 Å². The van der Waals surface area contributed by atoms with Gasteiger partial charge < -0.3 is 10.1 Å². The van der Waals surface area contributed by atoms with Crippen molar-refractivity contribution in [2.45, 2.75) is 51.5 Å². The maximum absolute atomic E-state index is 5.67. The van der Waals surface area contributed by atoms with E-state index < -0.39 is 0 Å². The van der Waals surface area contributed by atoms with E-state index in [2.05, 4.69) is 43.4 Å². The molecule has 1 saturated carbocycles. The number of nitrogens with one attached hydrogen (secondary N) is 1. The molecule has 0 saturated heterocycles. The van der Waals surface area contributed by atoms with Gasteiger partial charge in [0.1, 0.15) is 0 Å². The van der Waals surface area contributed by atoms with Gasteiger partial charge in [0.2, 0.25) is 0 Å². The SMILES string of the molecule is CCCOCCC(CNC1CC1)c1ccccc1C. The lowest BCUT2D eigenvalue weighted by atomic mass is 9.92. The lowest BCUT2D eigenvalue weighted by molar-refractivity contribution is 0.127. The summed E-state index contributed by atoms with van der Waals surface area (Å²) in [6.07, 6.45) is 4.93. The van der Waals surface area contributed by atoms with Crippen molar-refractivity contribution >= 4 is 0 Å². The molecule has 0 aromatic heterocycles. The van der Waals surface area contributed by atoms with Gasteiger partial charge in [0.25, 0.3) is 0 Å². The number of hydrogen-bond donors (Lipinski definition) is 1. The molecule has 106 valence electrons. The van der Waals surface area contributed by atoms with Crippen LogP contribution in [-0.2, 0) is 4.74 Å². The van der Waals surface area contributed by atoms with Crippen LogP contribution in [0.2, 0.25) is 0 Å². The number of aryl methyl sites for hydroxylation is 1. The van der Waals surface area contributed by atoms with Crippen LogP contribution in [0.15, 0.2) is 24.3 Å². The van der Waals surface area contributed by atoms with Gasteiger partial charge in [-0.05, 0) is 49.7 Å². The second-order valence-corrected chi connectivity index (χ2v) is 5.64. The van der Waals surface area contributed by atoms with Gasteiger partial charge in [0.05, 0.1) is 0 Å². The fraction of sp³-hybridized carbons (Fsp3) is 0.647. The normalized spacial score (nSPS) is 16.5. The highest BCUT2D eigenvalue weighted by Gasteiger charge is 2.22. The molecule has 19 heavy (non-hydrogen) atoms. The predicted molar refractivity (Wildman–Crippen MR) is 80.7 cm³/mol. The van der Waals surface area contributed by atoms with E-state index in [0.717, 1.165) is 38.6 Å². The summed E-state index contributed by atoms with van der Waals surface area (Å²) < 4.78 is 5.67. The van der Waals surface area contributed by atoms with Crippen molar-refractivity contribution in [1.82, 2.24) is 5.32 Å². The van der Waals surface area contributed by atoms with Crippen molar-refractivity contribution in [3.8, 4) is 0 Å². The van der Waals surface area contributed by atoms with Gasteiger partial charge in [0, 0.05) is 25.8 Å². The molecule has 0 spiro atoms. The van der Waals surface area contributed by atoms with Crippen LogP contribution in [0.1, 0.15) is 49.7 Å². The van der Waals surface area contributed by atoms with Gasteiger partial charge in [-0.2, -0.15) is 0 Å². The minimum Gasteiger partial charge on any atom is -0.381 e. The summed E-state index contributed by atoms with van der Waals surface area (Å²) in [6, 6.07) is 9.54. The Morgan fingerprint density at radius 1 is 1.26 bits per heavy atom. The quantitative estimate of drug-likeness (QED) is 0.685. The van der Waals surface area contributed by atoms with Gasteiger partial charge in [-0.1, -0.05) is 31.2 Å². The van der Waals surface area contributed by atoms with E-state index in [0.29, 0.717) is 5.92 Å². The summed E-state index contributed by atoms with van der Waals surface area (Å²) in [7, 11) is 0. The Morgan fingerprint density at radius 2 is 2.05 bits per heavy atom. The van der Waals surface area contributed by atoms with E-state index in [1.807, 2.05) is 0 Å². The predicted octanol–water partition coefficient (Wildman–Crippen LogP) is 3.65. The third kappa shape index (κ3) is 4.96. The van der Waals surface area contributed by atoms with Crippen LogP contribution in [0, 0.1) is 6.92 Å². The maximum atomic E-state index is 5.67. The van der Waals surface area contributed by atoms with Gasteiger partial charge in [-0.25, -0.2) is 0 Å². The van der Waals surface area contributed by atoms with Crippen molar-refractivity contribution in [1.29, 1.82) is 0 Å². The second kappa shape index (κ2) is 7.66. The summed E-state index contributed by atoms with van der Waals surface area (Å²) in [5.74, 6) is 0.582. The Kier molecular flexibility index (Phi) is 5.87. The van der Waals surface area contributed by atoms with Crippen LogP contribution in [0.5, 0.6) is 0 Å². The first-order valence-electron chi connectivity index (χ1n) is 7.68. The van der Waals surface area contributed by atoms with Crippen molar-refractivity contribution in [2.24, 2.45) is 0 Å². The Morgan fingerprint density at radius 3 is 2.74 bits per heavy atom. The smallest absolute Gasteiger partial charge is 0.0472 e. The number of hydrogen-bond acceptors (Lipinski definition) is 2. The average Bonchev–Trinajstić information content (AvgIpc) is 3.23. The van der Waals surface area contributed by atoms with Crippen LogP contribution in [0.3, 0.4) is 0 Å². The van der Waals surface area contributed by atoms with Gasteiger partial charge in [-0.15, -0.1) is 0 Å². The van der Waals surface area contributed by atoms with Gasteiger partial charge in [0.15, 0.2) is 0 Å². The summed E-state index contributed by atoms with van der Waals surface area (Å²) in [5, 5.41) is 3.67. The minimum atomic E-state index is 0.582. The zero-order valence-electron chi connectivity index (χ0n) is 12.3. The molecule has 1 fully saturated rings. The van der Waals surface area contributed by atoms with E-state index in [-0.39, 0.29) is 0 Å². The molecule has 0 bridgehead atoms. The first-order valence-corrected chi connectivity index (χ1v) is 7.68. The molecule has 2 rings (SSSR count). The molecule has 1 aromatic rings. The second-order valence-electron chi connectivity index (χ2n) is 5.64. The zero-order chi connectivity index (χ0) is 13.5. The highest BCUT2D eigenvalue weighted by Crippen LogP contribution is 2.25. The molecule has 1 aromatic carbocycles. The first kappa shape index (κ1) is 14.5. The third-order valence-electron chi connectivity index (χ3n) is 3.82. The van der Waals surface area contributed by atoms with E-state index in [4.69, 9.17) is 4.74 Å². The van der Waals surface area contributed by atoms with Crippen LogP contribution in [-0.4, -0.2) is 25.8 Å². The molecule has 2 heteroatoms. The Hall–Kier alpha value is -0.860. The van der Waals surface area contributed by atoms with Gasteiger partial charge in [-0.3, -0.25) is 0 Å². The monoisotopic (exact) mass is 261 g/mol. The van der Waals surface area contributed by atoms with Crippen LogP contribution in [0.25, 0.3) is 0 Å². The fourth-order valence-corrected chi connectivity index (χ4v) is 2.48. The number of rotatable bonds is 9. The molecule has 0 radical (unpaired) electrons. The Labute approximate surface area is 117 Å². The highest BCUT2D eigenvalue weighted by atomic mass is 16.5. The first-order chi connectivity index (χ1) is 9.31. The topological polar surface area (TPSA) is 21.3 Å². The summed E-state index contributed by atoms with van der Waals surface area (Å²) in [5.41, 5.74) is 2.89. The molecular formula is C17H27NO. The summed E-state index contributed by atoms with van der Waals surface area (Å²) in [4.78, 5) is 0. The third-order valence-corrected chi connectivity index (χ3v) is 3.82. The molecular weight excluding hydrogens is 234 g/mol. The fourth-order valence-electron chi connectivity index (χ4n) is 2.48. The van der Waals surface area contributed by atoms with Crippen molar-refractivity contribution in [2.75, 3.05) is 19.8 Å². The number of ether oxygens (including phenoxy) is 1. The molecule has 1 aliphatic rings. The summed E-state index contributed by atoms with van der Waals surface area (Å²) >= 11 is 0. The average molecular weight is 261 g/mol. The van der Waals surface area contributed by atoms with Crippen LogP contribution >= 0.6 is 0 Å². The lowest BCUT2D eigenvalue weighted by Crippen LogP contribution is -2.25. The Bertz CT molecular complexity index is 373. The molecule has 0 heterocycles. The van der Waals surface area contributed by atoms with Crippen molar-refractivity contribution in [3.63, 3.8) is 0 Å². The highest BCUT2D eigenvalue weighted by molar-refractivity contribution is 5.29. The van der Waals surface area contributed by atoms with Gasteiger partial charge >= 0.3 is 0 Å². The molecule has 1 atom stereocenters. The van der Waals surface area contributed by atoms with E-state index in [1.54, 1.807) is 0 Å². The molecule has 1 N–H and O–H groups in total. The summed E-state index contributed by atoms with van der Waals surface area (Å²) in [6.45, 7) is 7.22. The van der Waals surface area contributed by atoms with E-state index in [9.17, 15) is 0 Å². The van der Waals surface area contributed by atoms with Crippen molar-refractivity contribution in [3.05, 3.63) is 35.4 Å². The molecule has 1 aliphatic carbocycles. The zero-order valence-corrected chi connectivity index (χ0v) is 12.3. The van der Waals surface area contributed by atoms with Crippen molar-refractivity contribution < 1.29 is 4.74 Å². The number of benzene rings is 1. The molecule has 0 aliphatic heterocycles. The molecule has 0 amide bonds. The van der Waals surface area contributed by atoms with Crippen LogP contribution < -0.4 is 5.32 Å². The largest absolute Gasteiger partial charge is 0.381 e. The maximum Gasteiger partial charge on any atom is 0.0472 e. The van der Waals surface area contributed by atoms with E-state index >= 15 is 0 Å². The lowest BCUT2D eigenvalue weighted by Gasteiger charge is -2.20. The standard InChI is InChI=1S/C17H27NO/c1-3-11-19-12-10-15(13-18-16-8-9-16)17-7-5-4-6-14(17)2/h4-7,15-16,18H,3,8-13H2,1-2H3. The van der Waals surface area contributed by atoms with E-state index in [1.165, 1.54) is 24.0 Å². The Balaban J connectivity index is 1.90. The molecule has 1 unspecified atom stereocenters. The minimum absolute atomic E-state index is 0.582.